The Kier molecular flexibility index (Phi) is 3.27. The summed E-state index contributed by atoms with van der Waals surface area (Å²) in [5, 5.41) is 0. The number of ether oxygens (including phenoxy) is 1. The van der Waals surface area contributed by atoms with Crippen molar-refractivity contribution in [2.45, 2.75) is 32.1 Å². The average molecular weight is 206 g/mol. The van der Waals surface area contributed by atoms with Crippen LogP contribution in [0.25, 0.3) is 0 Å². The van der Waals surface area contributed by atoms with E-state index in [0.29, 0.717) is 11.8 Å². The van der Waals surface area contributed by atoms with Crippen LogP contribution in [0.4, 0.5) is 0 Å². The van der Waals surface area contributed by atoms with Crippen molar-refractivity contribution in [1.29, 1.82) is 0 Å². The number of hydrogen-bond donors (Lipinski definition) is 1. The fraction of sp³-hybridized carbons (Fsp3) is 0.417. The fourth-order valence-electron chi connectivity index (χ4n) is 1.29. The zero-order chi connectivity index (χ0) is 11.5. The summed E-state index contributed by atoms with van der Waals surface area (Å²) in [5.74, 6) is 0. The summed E-state index contributed by atoms with van der Waals surface area (Å²) in [5.41, 5.74) is 4.63. The van der Waals surface area contributed by atoms with Crippen molar-refractivity contribution in [3.63, 3.8) is 0 Å². The van der Waals surface area contributed by atoms with Crippen molar-refractivity contribution in [3.05, 3.63) is 35.9 Å². The van der Waals surface area contributed by atoms with E-state index in [4.69, 9.17) is 10.5 Å². The van der Waals surface area contributed by atoms with Gasteiger partial charge in [-0.2, -0.15) is 0 Å². The SMILES string of the molecule is CC(C)(C)OC(N)(C=O)c1c[c]ccc1. The molecule has 0 heterocycles. The highest BCUT2D eigenvalue weighted by atomic mass is 16.5. The lowest BCUT2D eigenvalue weighted by Crippen LogP contribution is -2.46. The fourth-order valence-corrected chi connectivity index (χ4v) is 1.29. The van der Waals surface area contributed by atoms with Gasteiger partial charge in [-0.3, -0.25) is 10.5 Å². The van der Waals surface area contributed by atoms with Gasteiger partial charge < -0.3 is 4.74 Å². The van der Waals surface area contributed by atoms with Crippen molar-refractivity contribution in [3.8, 4) is 0 Å². The van der Waals surface area contributed by atoms with Crippen molar-refractivity contribution in [2.24, 2.45) is 5.73 Å². The van der Waals surface area contributed by atoms with Gasteiger partial charge in [0.2, 0.25) is 0 Å². The number of rotatable bonds is 3. The van der Waals surface area contributed by atoms with E-state index in [2.05, 4.69) is 6.07 Å². The number of carbonyl (C=O) groups is 1. The van der Waals surface area contributed by atoms with Gasteiger partial charge in [0.1, 0.15) is 0 Å². The van der Waals surface area contributed by atoms with Crippen LogP contribution in [-0.4, -0.2) is 11.9 Å². The Morgan fingerprint density at radius 3 is 2.53 bits per heavy atom. The van der Waals surface area contributed by atoms with Gasteiger partial charge in [0.15, 0.2) is 12.0 Å². The molecular weight excluding hydrogens is 190 g/mol. The largest absolute Gasteiger partial charge is 0.344 e. The predicted octanol–water partition coefficient (Wildman–Crippen LogP) is 1.61. The quantitative estimate of drug-likeness (QED) is 0.604. The molecule has 0 spiro atoms. The van der Waals surface area contributed by atoms with E-state index in [1.165, 1.54) is 0 Å². The highest BCUT2D eigenvalue weighted by molar-refractivity contribution is 5.65. The second kappa shape index (κ2) is 4.13. The lowest BCUT2D eigenvalue weighted by molar-refractivity contribution is -0.154. The molecule has 0 aliphatic rings. The van der Waals surface area contributed by atoms with E-state index in [1.54, 1.807) is 24.3 Å². The Balaban J connectivity index is 3.01. The molecule has 0 saturated heterocycles. The zero-order valence-electron chi connectivity index (χ0n) is 9.28. The number of carbonyl (C=O) groups excluding carboxylic acids is 1. The van der Waals surface area contributed by atoms with Gasteiger partial charge in [-0.15, -0.1) is 0 Å². The lowest BCUT2D eigenvalue weighted by Gasteiger charge is -2.32. The molecule has 1 radical (unpaired) electrons. The minimum Gasteiger partial charge on any atom is -0.344 e. The van der Waals surface area contributed by atoms with E-state index in [1.807, 2.05) is 20.8 Å². The van der Waals surface area contributed by atoms with Gasteiger partial charge in [-0.1, -0.05) is 18.2 Å². The molecule has 1 aromatic carbocycles. The molecule has 3 nitrogen and oxygen atoms in total. The van der Waals surface area contributed by atoms with Crippen LogP contribution in [0.3, 0.4) is 0 Å². The Morgan fingerprint density at radius 1 is 1.47 bits per heavy atom. The topological polar surface area (TPSA) is 52.3 Å². The lowest BCUT2D eigenvalue weighted by atomic mass is 10.0. The van der Waals surface area contributed by atoms with Crippen LogP contribution in [0.2, 0.25) is 0 Å². The van der Waals surface area contributed by atoms with E-state index in [-0.39, 0.29) is 0 Å². The maximum absolute atomic E-state index is 11.0. The van der Waals surface area contributed by atoms with Gasteiger partial charge in [0.05, 0.1) is 5.60 Å². The van der Waals surface area contributed by atoms with Crippen LogP contribution in [0.15, 0.2) is 24.3 Å². The summed E-state index contributed by atoms with van der Waals surface area (Å²) in [4.78, 5) is 11.0. The summed E-state index contributed by atoms with van der Waals surface area (Å²) in [6, 6.07) is 9.78. The normalized spacial score (nSPS) is 15.7. The summed E-state index contributed by atoms with van der Waals surface area (Å²) in [7, 11) is 0. The molecule has 0 aromatic heterocycles. The van der Waals surface area contributed by atoms with Crippen LogP contribution in [0.5, 0.6) is 0 Å². The third kappa shape index (κ3) is 3.15. The van der Waals surface area contributed by atoms with Gasteiger partial charge in [0, 0.05) is 5.56 Å². The minimum absolute atomic E-state index is 0.481. The predicted molar refractivity (Wildman–Crippen MR) is 58.0 cm³/mol. The number of nitrogens with two attached hydrogens (primary N) is 1. The second-order valence-corrected chi connectivity index (χ2v) is 4.42. The molecule has 0 fully saturated rings. The van der Waals surface area contributed by atoms with Crippen LogP contribution in [-0.2, 0) is 15.3 Å². The monoisotopic (exact) mass is 206 g/mol. The van der Waals surface area contributed by atoms with Gasteiger partial charge in [-0.25, -0.2) is 0 Å². The molecule has 0 saturated carbocycles. The summed E-state index contributed by atoms with van der Waals surface area (Å²) in [6.07, 6.45) is 0.613. The highest BCUT2D eigenvalue weighted by Crippen LogP contribution is 2.23. The molecule has 1 unspecified atom stereocenters. The summed E-state index contributed by atoms with van der Waals surface area (Å²) < 4.78 is 5.55. The zero-order valence-corrected chi connectivity index (χ0v) is 9.28. The van der Waals surface area contributed by atoms with E-state index >= 15 is 0 Å². The Bertz CT molecular complexity index is 329. The first-order chi connectivity index (χ1) is 6.87. The van der Waals surface area contributed by atoms with Gasteiger partial charge in [0.25, 0.3) is 0 Å². The molecule has 1 rings (SSSR count). The van der Waals surface area contributed by atoms with Gasteiger partial charge in [-0.05, 0) is 32.9 Å². The number of aldehydes is 1. The van der Waals surface area contributed by atoms with Crippen LogP contribution < -0.4 is 5.73 Å². The highest BCUT2D eigenvalue weighted by Gasteiger charge is 2.32. The molecule has 1 atom stereocenters. The van der Waals surface area contributed by atoms with E-state index in [0.717, 1.165) is 0 Å². The third-order valence-corrected chi connectivity index (χ3v) is 1.81. The molecule has 0 aliphatic heterocycles. The van der Waals surface area contributed by atoms with Crippen LogP contribution >= 0.6 is 0 Å². The van der Waals surface area contributed by atoms with Crippen LogP contribution in [0.1, 0.15) is 26.3 Å². The Hall–Kier alpha value is -1.19. The molecular formula is C12H16NO2. The maximum Gasteiger partial charge on any atom is 0.199 e. The van der Waals surface area contributed by atoms with Crippen molar-refractivity contribution in [2.75, 3.05) is 0 Å². The molecule has 3 heteroatoms. The number of hydrogen-bond acceptors (Lipinski definition) is 3. The molecule has 81 valence electrons. The standard InChI is InChI=1S/C12H16NO2/c1-11(2,3)15-12(13,9-14)10-7-5-4-6-8-10/h4-5,7-9H,13H2,1-3H3. The molecule has 15 heavy (non-hydrogen) atoms. The summed E-state index contributed by atoms with van der Waals surface area (Å²) >= 11 is 0. The molecule has 2 N–H and O–H groups in total. The molecule has 0 amide bonds. The van der Waals surface area contributed by atoms with Crippen molar-refractivity contribution >= 4 is 6.29 Å². The Morgan fingerprint density at radius 2 is 2.13 bits per heavy atom. The van der Waals surface area contributed by atoms with E-state index < -0.39 is 11.3 Å². The van der Waals surface area contributed by atoms with Gasteiger partial charge >= 0.3 is 0 Å². The van der Waals surface area contributed by atoms with Crippen molar-refractivity contribution in [1.82, 2.24) is 0 Å². The minimum atomic E-state index is -1.39. The van der Waals surface area contributed by atoms with E-state index in [9.17, 15) is 4.79 Å². The third-order valence-electron chi connectivity index (χ3n) is 1.81. The van der Waals surface area contributed by atoms with Crippen molar-refractivity contribution < 1.29 is 9.53 Å². The average Bonchev–Trinajstić information content (AvgIpc) is 2.16. The first kappa shape index (κ1) is 11.9. The van der Waals surface area contributed by atoms with Crippen LogP contribution in [0, 0.1) is 6.07 Å². The smallest absolute Gasteiger partial charge is 0.199 e. The summed E-state index contributed by atoms with van der Waals surface area (Å²) in [6.45, 7) is 5.56. The first-order valence-corrected chi connectivity index (χ1v) is 4.79. The second-order valence-electron chi connectivity index (χ2n) is 4.42. The molecule has 0 bridgehead atoms. The maximum atomic E-state index is 11.0. The molecule has 0 aliphatic carbocycles. The molecule has 1 aromatic rings. The Labute approximate surface area is 90.2 Å². The number of benzene rings is 1. The first-order valence-electron chi connectivity index (χ1n) is 4.79.